The molecule has 0 fully saturated rings. The Morgan fingerprint density at radius 3 is 2.37 bits per heavy atom. The molecule has 0 unspecified atom stereocenters. The Labute approximate surface area is 109 Å². The lowest BCUT2D eigenvalue weighted by Gasteiger charge is -2.15. The van der Waals surface area contributed by atoms with Gasteiger partial charge in [0.15, 0.2) is 11.6 Å². The van der Waals surface area contributed by atoms with E-state index in [0.717, 1.165) is 12.1 Å². The molecule has 1 aromatic carbocycles. The minimum atomic E-state index is -0.887. The molecular weight excluding hydrogens is 250 g/mol. The van der Waals surface area contributed by atoms with Crippen LogP contribution in [0.3, 0.4) is 0 Å². The molecule has 2 rings (SSSR count). The molecule has 100 valence electrons. The van der Waals surface area contributed by atoms with Crippen LogP contribution in [0.15, 0.2) is 30.6 Å². The number of benzene rings is 1. The molecule has 0 aliphatic heterocycles. The summed E-state index contributed by atoms with van der Waals surface area (Å²) in [6.45, 7) is 1.15. The third-order valence-corrected chi connectivity index (χ3v) is 2.70. The quantitative estimate of drug-likeness (QED) is 0.915. The van der Waals surface area contributed by atoms with Crippen LogP contribution in [-0.2, 0) is 0 Å². The van der Waals surface area contributed by atoms with E-state index >= 15 is 0 Å². The van der Waals surface area contributed by atoms with Gasteiger partial charge in [-0.15, -0.1) is 0 Å². The van der Waals surface area contributed by atoms with E-state index in [2.05, 4.69) is 9.97 Å². The van der Waals surface area contributed by atoms with Crippen molar-refractivity contribution in [1.29, 1.82) is 0 Å². The fraction of sp³-hybridized carbons (Fsp3) is 0.231. The predicted octanol–water partition coefficient (Wildman–Crippen LogP) is 1.82. The number of hydrogen-bond donors (Lipinski definition) is 1. The molecule has 0 saturated carbocycles. The maximum Gasteiger partial charge on any atom is 0.225 e. The van der Waals surface area contributed by atoms with Crippen molar-refractivity contribution in [3.63, 3.8) is 0 Å². The highest BCUT2D eigenvalue weighted by Gasteiger charge is 2.07. The lowest BCUT2D eigenvalue weighted by atomic mass is 10.1. The average Bonchev–Trinajstić information content (AvgIpc) is 2.42. The van der Waals surface area contributed by atoms with Gasteiger partial charge in [0.1, 0.15) is 0 Å². The van der Waals surface area contributed by atoms with E-state index in [9.17, 15) is 8.78 Å². The van der Waals surface area contributed by atoms with Crippen LogP contribution < -0.4 is 10.6 Å². The molecule has 0 atom stereocenters. The highest BCUT2D eigenvalue weighted by Crippen LogP contribution is 2.20. The summed E-state index contributed by atoms with van der Waals surface area (Å²) >= 11 is 0. The summed E-state index contributed by atoms with van der Waals surface area (Å²) in [5.74, 6) is -1.22. The van der Waals surface area contributed by atoms with Gasteiger partial charge in [0.25, 0.3) is 0 Å². The van der Waals surface area contributed by atoms with Gasteiger partial charge in [-0.25, -0.2) is 18.7 Å². The molecule has 0 bridgehead atoms. The summed E-state index contributed by atoms with van der Waals surface area (Å²) in [6.07, 6.45) is 3.14. The number of likely N-dealkylation sites (N-methyl/N-ethyl adjacent to an activating group) is 1. The molecule has 0 radical (unpaired) electrons. The first kappa shape index (κ1) is 13.4. The second-order valence-corrected chi connectivity index (χ2v) is 4.11. The molecule has 19 heavy (non-hydrogen) atoms. The van der Waals surface area contributed by atoms with E-state index in [-0.39, 0.29) is 0 Å². The Morgan fingerprint density at radius 1 is 1.11 bits per heavy atom. The topological polar surface area (TPSA) is 55.0 Å². The van der Waals surface area contributed by atoms with Gasteiger partial charge >= 0.3 is 0 Å². The highest BCUT2D eigenvalue weighted by molar-refractivity contribution is 5.62. The minimum Gasteiger partial charge on any atom is -0.343 e. The van der Waals surface area contributed by atoms with Gasteiger partial charge in [-0.1, -0.05) is 6.07 Å². The standard InChI is InChI=1S/C13H14F2N4/c1-19(5-4-16)13-17-7-10(8-18-13)9-2-3-11(14)12(15)6-9/h2-3,6-8H,4-5,16H2,1H3. The lowest BCUT2D eigenvalue weighted by molar-refractivity contribution is 0.509. The Balaban J connectivity index is 2.24. The summed E-state index contributed by atoms with van der Waals surface area (Å²) in [4.78, 5) is 10.2. The molecule has 0 amide bonds. The summed E-state index contributed by atoms with van der Waals surface area (Å²) in [5.41, 5.74) is 6.61. The van der Waals surface area contributed by atoms with Crippen molar-refractivity contribution in [2.75, 3.05) is 25.0 Å². The predicted molar refractivity (Wildman–Crippen MR) is 69.7 cm³/mol. The van der Waals surface area contributed by atoms with Crippen LogP contribution in [0.2, 0.25) is 0 Å². The molecule has 0 spiro atoms. The van der Waals surface area contributed by atoms with E-state index in [1.165, 1.54) is 6.07 Å². The number of nitrogens with two attached hydrogens (primary N) is 1. The maximum atomic E-state index is 13.1. The van der Waals surface area contributed by atoms with Crippen LogP contribution in [0, 0.1) is 11.6 Å². The molecule has 2 N–H and O–H groups in total. The highest BCUT2D eigenvalue weighted by atomic mass is 19.2. The molecule has 1 aromatic heterocycles. The Hall–Kier alpha value is -2.08. The normalized spacial score (nSPS) is 10.5. The first-order valence-corrected chi connectivity index (χ1v) is 5.80. The van der Waals surface area contributed by atoms with Gasteiger partial charge in [0.2, 0.25) is 5.95 Å². The van der Waals surface area contributed by atoms with Crippen molar-refractivity contribution >= 4 is 5.95 Å². The van der Waals surface area contributed by atoms with Gasteiger partial charge in [-0.05, 0) is 17.7 Å². The Kier molecular flexibility index (Phi) is 4.01. The first-order valence-electron chi connectivity index (χ1n) is 5.80. The second kappa shape index (κ2) is 5.71. The molecule has 1 heterocycles. The molecule has 2 aromatic rings. The summed E-state index contributed by atoms with van der Waals surface area (Å²) in [5, 5.41) is 0. The first-order chi connectivity index (χ1) is 9.11. The van der Waals surface area contributed by atoms with E-state index in [1.54, 1.807) is 12.4 Å². The number of halogens is 2. The number of anilines is 1. The summed E-state index contributed by atoms with van der Waals surface area (Å²) in [6, 6.07) is 3.69. The second-order valence-electron chi connectivity index (χ2n) is 4.11. The number of rotatable bonds is 4. The van der Waals surface area contributed by atoms with Crippen molar-refractivity contribution < 1.29 is 8.78 Å². The SMILES string of the molecule is CN(CCN)c1ncc(-c2ccc(F)c(F)c2)cn1. The smallest absolute Gasteiger partial charge is 0.225 e. The van der Waals surface area contributed by atoms with E-state index in [1.807, 2.05) is 11.9 Å². The Morgan fingerprint density at radius 2 is 1.79 bits per heavy atom. The van der Waals surface area contributed by atoms with Crippen molar-refractivity contribution in [2.45, 2.75) is 0 Å². The van der Waals surface area contributed by atoms with E-state index in [0.29, 0.717) is 30.2 Å². The number of hydrogen-bond acceptors (Lipinski definition) is 4. The summed E-state index contributed by atoms with van der Waals surface area (Å²) < 4.78 is 26.0. The maximum absolute atomic E-state index is 13.1. The van der Waals surface area contributed by atoms with Gasteiger partial charge in [0, 0.05) is 38.1 Å². The largest absolute Gasteiger partial charge is 0.343 e. The zero-order chi connectivity index (χ0) is 13.8. The monoisotopic (exact) mass is 264 g/mol. The minimum absolute atomic E-state index is 0.505. The van der Waals surface area contributed by atoms with E-state index in [4.69, 9.17) is 5.73 Å². The van der Waals surface area contributed by atoms with Gasteiger partial charge < -0.3 is 10.6 Å². The Bertz CT molecular complexity index is 557. The van der Waals surface area contributed by atoms with Crippen LogP contribution in [-0.4, -0.2) is 30.1 Å². The molecule has 4 nitrogen and oxygen atoms in total. The molecular formula is C13H14F2N4. The van der Waals surface area contributed by atoms with Crippen molar-refractivity contribution in [1.82, 2.24) is 9.97 Å². The van der Waals surface area contributed by atoms with Crippen LogP contribution >= 0.6 is 0 Å². The van der Waals surface area contributed by atoms with Crippen molar-refractivity contribution in [3.8, 4) is 11.1 Å². The van der Waals surface area contributed by atoms with Gasteiger partial charge in [-0.2, -0.15) is 0 Å². The van der Waals surface area contributed by atoms with Crippen molar-refractivity contribution in [3.05, 3.63) is 42.2 Å². The van der Waals surface area contributed by atoms with Crippen molar-refractivity contribution in [2.24, 2.45) is 5.73 Å². The molecule has 0 saturated heterocycles. The van der Waals surface area contributed by atoms with Crippen LogP contribution in [0.1, 0.15) is 0 Å². The fourth-order valence-corrected chi connectivity index (χ4v) is 1.64. The zero-order valence-electron chi connectivity index (χ0n) is 10.5. The van der Waals surface area contributed by atoms with Gasteiger partial charge in [-0.3, -0.25) is 0 Å². The molecule has 0 aliphatic rings. The number of nitrogens with zero attached hydrogens (tertiary/aromatic N) is 3. The van der Waals surface area contributed by atoms with Crippen LogP contribution in [0.4, 0.5) is 14.7 Å². The fourth-order valence-electron chi connectivity index (χ4n) is 1.64. The van der Waals surface area contributed by atoms with E-state index < -0.39 is 11.6 Å². The lowest BCUT2D eigenvalue weighted by Crippen LogP contribution is -2.26. The third kappa shape index (κ3) is 3.03. The average molecular weight is 264 g/mol. The molecule has 6 heteroatoms. The van der Waals surface area contributed by atoms with Gasteiger partial charge in [0.05, 0.1) is 0 Å². The number of aromatic nitrogens is 2. The van der Waals surface area contributed by atoms with Crippen LogP contribution in [0.25, 0.3) is 11.1 Å². The third-order valence-electron chi connectivity index (χ3n) is 2.70. The van der Waals surface area contributed by atoms with Crippen LogP contribution in [0.5, 0.6) is 0 Å². The zero-order valence-corrected chi connectivity index (χ0v) is 10.5. The molecule has 0 aliphatic carbocycles. The summed E-state index contributed by atoms with van der Waals surface area (Å²) in [7, 11) is 1.83.